The third kappa shape index (κ3) is 2.76. The number of hydrogen-bond donors (Lipinski definition) is 1. The summed E-state index contributed by atoms with van der Waals surface area (Å²) < 4.78 is 19.1. The van der Waals surface area contributed by atoms with Crippen molar-refractivity contribution < 1.29 is 9.13 Å². The molecule has 0 atom stereocenters. The van der Waals surface area contributed by atoms with E-state index in [4.69, 9.17) is 22.1 Å². The number of aromatic nitrogens is 1. The highest BCUT2D eigenvalue weighted by Gasteiger charge is 2.07. The molecule has 21 heavy (non-hydrogen) atoms. The monoisotopic (exact) mass is 302 g/mol. The average molecular weight is 303 g/mol. The van der Waals surface area contributed by atoms with Crippen molar-refractivity contribution >= 4 is 28.2 Å². The minimum Gasteiger partial charge on any atom is -0.487 e. The van der Waals surface area contributed by atoms with Crippen molar-refractivity contribution in [3.63, 3.8) is 0 Å². The minimum absolute atomic E-state index is 0.0957. The van der Waals surface area contributed by atoms with E-state index >= 15 is 0 Å². The molecule has 0 radical (unpaired) electrons. The van der Waals surface area contributed by atoms with Crippen LogP contribution in [0.25, 0.3) is 10.9 Å². The van der Waals surface area contributed by atoms with Gasteiger partial charge in [-0.1, -0.05) is 17.7 Å². The van der Waals surface area contributed by atoms with E-state index < -0.39 is 5.82 Å². The molecule has 0 saturated carbocycles. The highest BCUT2D eigenvalue weighted by molar-refractivity contribution is 6.30. The average Bonchev–Trinajstić information content (AvgIpc) is 2.50. The Morgan fingerprint density at radius 3 is 2.86 bits per heavy atom. The van der Waals surface area contributed by atoms with Gasteiger partial charge in [-0.2, -0.15) is 0 Å². The molecule has 106 valence electrons. The zero-order valence-corrected chi connectivity index (χ0v) is 11.8. The molecular weight excluding hydrogens is 291 g/mol. The van der Waals surface area contributed by atoms with Gasteiger partial charge in [0.1, 0.15) is 23.7 Å². The molecule has 3 rings (SSSR count). The molecule has 5 heteroatoms. The molecule has 0 amide bonds. The number of hydrogen-bond acceptors (Lipinski definition) is 3. The van der Waals surface area contributed by atoms with E-state index in [1.54, 1.807) is 24.4 Å². The van der Waals surface area contributed by atoms with Crippen LogP contribution in [-0.4, -0.2) is 4.98 Å². The van der Waals surface area contributed by atoms with Crippen LogP contribution in [-0.2, 0) is 6.61 Å². The summed E-state index contributed by atoms with van der Waals surface area (Å²) in [5.74, 6) is 0.146. The summed E-state index contributed by atoms with van der Waals surface area (Å²) in [5.41, 5.74) is 7.93. The number of nitrogens with zero attached hydrogens (tertiary/aromatic N) is 1. The maximum absolute atomic E-state index is 13.4. The van der Waals surface area contributed by atoms with Crippen LogP contribution in [0.1, 0.15) is 5.56 Å². The first-order valence-corrected chi connectivity index (χ1v) is 6.73. The molecule has 2 aromatic carbocycles. The summed E-state index contributed by atoms with van der Waals surface area (Å²) >= 11 is 5.65. The first-order valence-electron chi connectivity index (χ1n) is 6.35. The summed E-state index contributed by atoms with van der Waals surface area (Å²) in [6, 6.07) is 11.8. The van der Waals surface area contributed by atoms with Crippen LogP contribution in [0.2, 0.25) is 5.02 Å². The van der Waals surface area contributed by atoms with Crippen molar-refractivity contribution in [2.45, 2.75) is 6.61 Å². The van der Waals surface area contributed by atoms with E-state index in [2.05, 4.69) is 4.98 Å². The smallest absolute Gasteiger partial charge is 0.146 e. The lowest BCUT2D eigenvalue weighted by molar-refractivity contribution is 0.309. The van der Waals surface area contributed by atoms with Crippen LogP contribution in [0.3, 0.4) is 0 Å². The Balaban J connectivity index is 1.88. The molecule has 0 aliphatic heterocycles. The first kappa shape index (κ1) is 13.6. The number of benzene rings is 2. The second-order valence-electron chi connectivity index (χ2n) is 4.59. The van der Waals surface area contributed by atoms with Gasteiger partial charge in [0.15, 0.2) is 0 Å². The number of nitrogen functional groups attached to an aromatic ring is 1. The Morgan fingerprint density at radius 1 is 1.19 bits per heavy atom. The molecule has 3 aromatic rings. The highest BCUT2D eigenvalue weighted by atomic mass is 35.5. The Kier molecular flexibility index (Phi) is 3.62. The van der Waals surface area contributed by atoms with E-state index in [0.717, 1.165) is 5.39 Å². The number of halogens is 2. The van der Waals surface area contributed by atoms with Gasteiger partial charge in [0, 0.05) is 17.3 Å². The van der Waals surface area contributed by atoms with E-state index in [9.17, 15) is 4.39 Å². The van der Waals surface area contributed by atoms with E-state index in [0.29, 0.717) is 22.5 Å². The number of anilines is 1. The van der Waals surface area contributed by atoms with Crippen LogP contribution >= 0.6 is 11.6 Å². The van der Waals surface area contributed by atoms with Crippen molar-refractivity contribution in [1.82, 2.24) is 4.98 Å². The number of ether oxygens (including phenoxy) is 1. The van der Waals surface area contributed by atoms with Crippen LogP contribution in [0.5, 0.6) is 5.75 Å². The molecule has 0 fully saturated rings. The van der Waals surface area contributed by atoms with Gasteiger partial charge in [-0.05, 0) is 42.0 Å². The van der Waals surface area contributed by atoms with Crippen LogP contribution in [0.4, 0.5) is 10.1 Å². The summed E-state index contributed by atoms with van der Waals surface area (Å²) in [7, 11) is 0. The molecule has 2 N–H and O–H groups in total. The fourth-order valence-corrected chi connectivity index (χ4v) is 2.19. The van der Waals surface area contributed by atoms with Gasteiger partial charge >= 0.3 is 0 Å². The van der Waals surface area contributed by atoms with E-state index in [1.165, 1.54) is 12.1 Å². The Hall–Kier alpha value is -2.33. The van der Waals surface area contributed by atoms with Crippen LogP contribution in [0, 0.1) is 5.82 Å². The summed E-state index contributed by atoms with van der Waals surface area (Å²) in [5, 5.41) is 0.927. The minimum atomic E-state index is -0.460. The second kappa shape index (κ2) is 5.58. The van der Waals surface area contributed by atoms with E-state index in [-0.39, 0.29) is 11.6 Å². The van der Waals surface area contributed by atoms with Crippen molar-refractivity contribution in [2.24, 2.45) is 0 Å². The fraction of sp³-hybridized carbons (Fsp3) is 0.0625. The molecule has 0 aliphatic rings. The Labute approximate surface area is 126 Å². The van der Waals surface area contributed by atoms with Crippen molar-refractivity contribution in [3.05, 3.63) is 65.1 Å². The van der Waals surface area contributed by atoms with Gasteiger partial charge < -0.3 is 10.5 Å². The topological polar surface area (TPSA) is 48.1 Å². The predicted molar refractivity (Wildman–Crippen MR) is 81.9 cm³/mol. The Morgan fingerprint density at radius 2 is 2.05 bits per heavy atom. The molecule has 0 spiro atoms. The van der Waals surface area contributed by atoms with Crippen LogP contribution < -0.4 is 10.5 Å². The van der Waals surface area contributed by atoms with Crippen LogP contribution in [0.15, 0.2) is 48.7 Å². The lowest BCUT2D eigenvalue weighted by Gasteiger charge is -2.10. The summed E-state index contributed by atoms with van der Waals surface area (Å²) in [6.07, 6.45) is 1.68. The third-order valence-corrected chi connectivity index (χ3v) is 3.45. The second-order valence-corrected chi connectivity index (χ2v) is 5.00. The van der Waals surface area contributed by atoms with Gasteiger partial charge in [-0.25, -0.2) is 4.39 Å². The van der Waals surface area contributed by atoms with Gasteiger partial charge in [0.25, 0.3) is 0 Å². The van der Waals surface area contributed by atoms with Gasteiger partial charge in [0.05, 0.1) is 5.02 Å². The maximum Gasteiger partial charge on any atom is 0.146 e. The van der Waals surface area contributed by atoms with Crippen molar-refractivity contribution in [2.75, 3.05) is 5.73 Å². The van der Waals surface area contributed by atoms with Crippen molar-refractivity contribution in [1.29, 1.82) is 0 Å². The maximum atomic E-state index is 13.4. The molecule has 3 nitrogen and oxygen atoms in total. The van der Waals surface area contributed by atoms with Crippen molar-refractivity contribution in [3.8, 4) is 5.75 Å². The standard InChI is InChI=1S/C16H12ClFN2O/c17-12-4-3-10(8-13(12)18)9-21-15-6-5-14(19)11-2-1-7-20-16(11)15/h1-8H,9,19H2. The third-order valence-electron chi connectivity index (χ3n) is 3.14. The largest absolute Gasteiger partial charge is 0.487 e. The summed E-state index contributed by atoms with van der Waals surface area (Å²) in [6.45, 7) is 0.226. The highest BCUT2D eigenvalue weighted by Crippen LogP contribution is 2.28. The molecular formula is C16H12ClFN2O. The lowest BCUT2D eigenvalue weighted by atomic mass is 10.1. The number of rotatable bonds is 3. The van der Waals surface area contributed by atoms with Gasteiger partial charge in [-0.3, -0.25) is 4.98 Å². The summed E-state index contributed by atoms with van der Waals surface area (Å²) in [4.78, 5) is 4.29. The number of nitrogens with two attached hydrogens (primary N) is 1. The van der Waals surface area contributed by atoms with E-state index in [1.807, 2.05) is 12.1 Å². The molecule has 0 unspecified atom stereocenters. The molecule has 1 aromatic heterocycles. The number of fused-ring (bicyclic) bond motifs is 1. The Bertz CT molecular complexity index is 807. The SMILES string of the molecule is Nc1ccc(OCc2ccc(Cl)c(F)c2)c2ncccc12. The van der Waals surface area contributed by atoms with Gasteiger partial charge in [0.2, 0.25) is 0 Å². The molecule has 0 aliphatic carbocycles. The zero-order valence-electron chi connectivity index (χ0n) is 11.0. The fourth-order valence-electron chi connectivity index (χ4n) is 2.08. The number of pyridine rings is 1. The molecule has 1 heterocycles. The normalized spacial score (nSPS) is 10.8. The first-order chi connectivity index (χ1) is 10.1. The predicted octanol–water partition coefficient (Wildman–Crippen LogP) is 4.19. The zero-order chi connectivity index (χ0) is 14.8. The molecule has 0 saturated heterocycles. The molecule has 0 bridgehead atoms. The van der Waals surface area contributed by atoms with Gasteiger partial charge in [-0.15, -0.1) is 0 Å². The lowest BCUT2D eigenvalue weighted by Crippen LogP contribution is -1.98. The quantitative estimate of drug-likeness (QED) is 0.738.